The molecule has 0 radical (unpaired) electrons. The van der Waals surface area contributed by atoms with Crippen molar-refractivity contribution in [3.05, 3.63) is 78.5 Å². The summed E-state index contributed by atoms with van der Waals surface area (Å²) >= 11 is 0. The maximum atomic E-state index is 12.5. The number of fused-ring (bicyclic) bond motifs is 2. The Hall–Kier alpha value is -3.07. The Bertz CT molecular complexity index is 1090. The van der Waals surface area contributed by atoms with Gasteiger partial charge in [-0.15, -0.1) is 0 Å². The van der Waals surface area contributed by atoms with Crippen molar-refractivity contribution >= 4 is 27.5 Å². The van der Waals surface area contributed by atoms with E-state index in [1.807, 2.05) is 55.6 Å². The fourth-order valence-corrected chi connectivity index (χ4v) is 3.59. The van der Waals surface area contributed by atoms with E-state index in [0.717, 1.165) is 34.0 Å². The monoisotopic (exact) mass is 357 g/mol. The highest BCUT2D eigenvalue weighted by atomic mass is 16.5. The largest absolute Gasteiger partial charge is 0.491 e. The molecule has 0 saturated heterocycles. The van der Waals surface area contributed by atoms with Crippen LogP contribution in [0.5, 0.6) is 5.75 Å². The number of ether oxygens (including phenoxy) is 1. The molecule has 4 aromatic rings. The molecule has 0 aliphatic heterocycles. The number of benzene rings is 3. The first-order chi connectivity index (χ1) is 13.3. The molecule has 136 valence electrons. The zero-order valence-corrected chi connectivity index (χ0v) is 15.5. The number of nitrogens with zero attached hydrogens (tertiary/aromatic N) is 1. The number of Topliss-reactive ketones (excluding diaryl/α,β-unsaturated/α-hetero) is 1. The molecular formula is C24H23NO2. The van der Waals surface area contributed by atoms with E-state index in [2.05, 4.69) is 28.8 Å². The maximum absolute atomic E-state index is 12.5. The Balaban J connectivity index is 1.56. The summed E-state index contributed by atoms with van der Waals surface area (Å²) in [4.78, 5) is 12.5. The van der Waals surface area contributed by atoms with Gasteiger partial charge in [-0.25, -0.2) is 0 Å². The van der Waals surface area contributed by atoms with Gasteiger partial charge in [0.1, 0.15) is 12.4 Å². The summed E-state index contributed by atoms with van der Waals surface area (Å²) in [6, 6.07) is 22.4. The lowest BCUT2D eigenvalue weighted by molar-refractivity contribution is 0.0983. The van der Waals surface area contributed by atoms with Gasteiger partial charge in [-0.05, 0) is 23.9 Å². The molecule has 1 heterocycles. The Morgan fingerprint density at radius 2 is 1.67 bits per heavy atom. The smallest absolute Gasteiger partial charge is 0.165 e. The topological polar surface area (TPSA) is 31.2 Å². The number of hydrogen-bond acceptors (Lipinski definition) is 2. The van der Waals surface area contributed by atoms with E-state index >= 15 is 0 Å². The second-order valence-corrected chi connectivity index (χ2v) is 6.75. The van der Waals surface area contributed by atoms with Crippen LogP contribution in [0.2, 0.25) is 0 Å². The molecule has 3 heteroatoms. The molecule has 0 aliphatic rings. The Morgan fingerprint density at radius 1 is 0.926 bits per heavy atom. The first-order valence-electron chi connectivity index (χ1n) is 9.49. The number of rotatable bonds is 7. The van der Waals surface area contributed by atoms with Crippen LogP contribution >= 0.6 is 0 Å². The zero-order chi connectivity index (χ0) is 18.6. The molecule has 0 aliphatic carbocycles. The van der Waals surface area contributed by atoms with Gasteiger partial charge in [-0.3, -0.25) is 4.79 Å². The normalized spacial score (nSPS) is 11.1. The van der Waals surface area contributed by atoms with E-state index in [1.54, 1.807) is 0 Å². The Kier molecular flexibility index (Phi) is 4.93. The molecule has 0 unspecified atom stereocenters. The average Bonchev–Trinajstić information content (AvgIpc) is 3.07. The number of hydrogen-bond donors (Lipinski definition) is 0. The van der Waals surface area contributed by atoms with E-state index in [0.29, 0.717) is 19.6 Å². The van der Waals surface area contributed by atoms with Crippen LogP contribution in [0.15, 0.2) is 72.9 Å². The minimum absolute atomic E-state index is 0.211. The fourth-order valence-electron chi connectivity index (χ4n) is 3.59. The van der Waals surface area contributed by atoms with Gasteiger partial charge in [0, 0.05) is 34.5 Å². The first-order valence-corrected chi connectivity index (χ1v) is 9.49. The fraction of sp³-hybridized carbons (Fsp3) is 0.208. The number of para-hydroxylation sites is 1. The van der Waals surface area contributed by atoms with Crippen LogP contribution in [0.1, 0.15) is 30.1 Å². The predicted molar refractivity (Wildman–Crippen MR) is 111 cm³/mol. The number of carbonyl (C=O) groups is 1. The Labute approximate surface area is 159 Å². The van der Waals surface area contributed by atoms with Gasteiger partial charge in [0.2, 0.25) is 0 Å². The van der Waals surface area contributed by atoms with E-state index in [4.69, 9.17) is 4.74 Å². The van der Waals surface area contributed by atoms with Crippen molar-refractivity contribution < 1.29 is 9.53 Å². The number of carbonyl (C=O) groups excluding carboxylic acids is 1. The molecule has 3 nitrogen and oxygen atoms in total. The molecule has 0 N–H and O–H groups in total. The average molecular weight is 357 g/mol. The summed E-state index contributed by atoms with van der Waals surface area (Å²) in [6.07, 6.45) is 3.43. The SMILES string of the molecule is CCCC(=O)c1cn(CCOc2cccc3ccccc23)c2ccccc12. The third-order valence-electron chi connectivity index (χ3n) is 4.91. The summed E-state index contributed by atoms with van der Waals surface area (Å²) in [6.45, 7) is 3.28. The van der Waals surface area contributed by atoms with Crippen molar-refractivity contribution in [3.63, 3.8) is 0 Å². The molecule has 27 heavy (non-hydrogen) atoms. The lowest BCUT2D eigenvalue weighted by Crippen LogP contribution is -2.07. The van der Waals surface area contributed by atoms with Crippen LogP contribution in [0.4, 0.5) is 0 Å². The molecule has 0 saturated carbocycles. The second-order valence-electron chi connectivity index (χ2n) is 6.75. The van der Waals surface area contributed by atoms with E-state index in [9.17, 15) is 4.79 Å². The summed E-state index contributed by atoms with van der Waals surface area (Å²) in [5.41, 5.74) is 1.90. The van der Waals surface area contributed by atoms with E-state index in [1.165, 1.54) is 5.39 Å². The summed E-state index contributed by atoms with van der Waals surface area (Å²) in [5, 5.41) is 3.33. The van der Waals surface area contributed by atoms with Crippen molar-refractivity contribution in [2.24, 2.45) is 0 Å². The van der Waals surface area contributed by atoms with Crippen LogP contribution in [-0.2, 0) is 6.54 Å². The van der Waals surface area contributed by atoms with Gasteiger partial charge in [-0.2, -0.15) is 0 Å². The van der Waals surface area contributed by atoms with Crippen LogP contribution in [0.25, 0.3) is 21.7 Å². The van der Waals surface area contributed by atoms with Crippen LogP contribution in [0.3, 0.4) is 0 Å². The third kappa shape index (κ3) is 3.45. The highest BCUT2D eigenvalue weighted by Crippen LogP contribution is 2.26. The van der Waals surface area contributed by atoms with Crippen LogP contribution in [-0.4, -0.2) is 17.0 Å². The molecular weight excluding hydrogens is 334 g/mol. The lowest BCUT2D eigenvalue weighted by Gasteiger charge is -2.10. The molecule has 3 aromatic carbocycles. The van der Waals surface area contributed by atoms with E-state index in [-0.39, 0.29) is 5.78 Å². The summed E-state index contributed by atoms with van der Waals surface area (Å²) < 4.78 is 8.21. The van der Waals surface area contributed by atoms with Crippen LogP contribution < -0.4 is 4.74 Å². The standard InChI is InChI=1S/C24H23NO2/c1-2-8-23(26)21-17-25(22-13-6-5-12-20(21)22)15-16-27-24-14-7-10-18-9-3-4-11-19(18)24/h3-7,9-14,17H,2,8,15-16H2,1H3. The first kappa shape index (κ1) is 17.3. The van der Waals surface area contributed by atoms with Gasteiger partial charge in [0.05, 0.1) is 6.54 Å². The molecule has 1 aromatic heterocycles. The molecule has 0 spiro atoms. The highest BCUT2D eigenvalue weighted by molar-refractivity contribution is 6.08. The van der Waals surface area contributed by atoms with Crippen molar-refractivity contribution in [1.29, 1.82) is 0 Å². The molecule has 0 amide bonds. The molecule has 4 rings (SSSR count). The van der Waals surface area contributed by atoms with Gasteiger partial charge >= 0.3 is 0 Å². The summed E-state index contributed by atoms with van der Waals surface area (Å²) in [5.74, 6) is 1.11. The zero-order valence-electron chi connectivity index (χ0n) is 15.5. The van der Waals surface area contributed by atoms with Crippen molar-refractivity contribution in [2.75, 3.05) is 6.61 Å². The number of aromatic nitrogens is 1. The maximum Gasteiger partial charge on any atom is 0.165 e. The minimum Gasteiger partial charge on any atom is -0.491 e. The van der Waals surface area contributed by atoms with Gasteiger partial charge < -0.3 is 9.30 Å². The minimum atomic E-state index is 0.211. The molecule has 0 bridgehead atoms. The van der Waals surface area contributed by atoms with Gasteiger partial charge in [0.25, 0.3) is 0 Å². The van der Waals surface area contributed by atoms with Crippen LogP contribution in [0, 0.1) is 0 Å². The predicted octanol–water partition coefficient (Wildman–Crippen LogP) is 5.86. The summed E-state index contributed by atoms with van der Waals surface area (Å²) in [7, 11) is 0. The van der Waals surface area contributed by atoms with Gasteiger partial charge in [-0.1, -0.05) is 61.5 Å². The van der Waals surface area contributed by atoms with Crippen molar-refractivity contribution in [3.8, 4) is 5.75 Å². The molecule has 0 fully saturated rings. The lowest BCUT2D eigenvalue weighted by atomic mass is 10.1. The van der Waals surface area contributed by atoms with Crippen molar-refractivity contribution in [2.45, 2.75) is 26.3 Å². The van der Waals surface area contributed by atoms with Gasteiger partial charge in [0.15, 0.2) is 5.78 Å². The van der Waals surface area contributed by atoms with E-state index < -0.39 is 0 Å². The third-order valence-corrected chi connectivity index (χ3v) is 4.91. The second kappa shape index (κ2) is 7.67. The quantitative estimate of drug-likeness (QED) is 0.388. The van der Waals surface area contributed by atoms with Crippen molar-refractivity contribution in [1.82, 2.24) is 4.57 Å². The Morgan fingerprint density at radius 3 is 2.52 bits per heavy atom. The highest BCUT2D eigenvalue weighted by Gasteiger charge is 2.14. The number of ketones is 1. The molecule has 0 atom stereocenters.